The fourth-order valence-electron chi connectivity index (χ4n) is 3.27. The highest BCUT2D eigenvalue weighted by molar-refractivity contribution is 8.15. The molecule has 2 aromatic rings. The lowest BCUT2D eigenvalue weighted by Crippen LogP contribution is -2.23. The van der Waals surface area contributed by atoms with Crippen LogP contribution in [0.5, 0.6) is 0 Å². The molecule has 0 radical (unpaired) electrons. The van der Waals surface area contributed by atoms with E-state index in [0.29, 0.717) is 17.3 Å². The second kappa shape index (κ2) is 7.60. The first-order valence-electron chi connectivity index (χ1n) is 9.04. The number of aryl methyl sites for hydroxylation is 1. The van der Waals surface area contributed by atoms with Gasteiger partial charge in [0.1, 0.15) is 0 Å². The van der Waals surface area contributed by atoms with Crippen molar-refractivity contribution in [2.24, 2.45) is 4.99 Å². The van der Waals surface area contributed by atoms with Crippen LogP contribution in [0.15, 0.2) is 53.5 Å². The number of thioether (sulfide) groups is 1. The number of carbonyl (C=O) groups excluding carboxylic acids is 1. The fraction of sp³-hybridized carbons (Fsp3) is 0.300. The Morgan fingerprint density at radius 3 is 2.71 bits per heavy atom. The average molecular weight is 416 g/mol. The zero-order valence-corrected chi connectivity index (χ0v) is 17.0. The SMILES string of the molecule is Cc1ccc(CNC(=O)c2cccc(NC3=N[C@H]4CS(=O)(=O)C[C@H]4S3)c2)cc1. The predicted molar refractivity (Wildman–Crippen MR) is 114 cm³/mol. The summed E-state index contributed by atoms with van der Waals surface area (Å²) in [6, 6.07) is 15.1. The molecule has 0 spiro atoms. The number of rotatable bonds is 4. The molecule has 8 heteroatoms. The molecule has 2 aromatic carbocycles. The molecule has 0 saturated carbocycles. The van der Waals surface area contributed by atoms with Crippen LogP contribution in [-0.4, -0.2) is 42.3 Å². The number of sulfone groups is 1. The molecule has 2 aliphatic rings. The summed E-state index contributed by atoms with van der Waals surface area (Å²) in [5, 5.41) is 6.84. The summed E-state index contributed by atoms with van der Waals surface area (Å²) in [4.78, 5) is 17.0. The first-order chi connectivity index (χ1) is 13.4. The van der Waals surface area contributed by atoms with Gasteiger partial charge in [-0.1, -0.05) is 47.7 Å². The van der Waals surface area contributed by atoms with Gasteiger partial charge in [0.15, 0.2) is 15.0 Å². The number of anilines is 1. The number of amides is 1. The Hall–Kier alpha value is -2.32. The van der Waals surface area contributed by atoms with Gasteiger partial charge in [0.05, 0.1) is 17.5 Å². The zero-order valence-electron chi connectivity index (χ0n) is 15.4. The Bertz CT molecular complexity index is 1030. The highest BCUT2D eigenvalue weighted by Gasteiger charge is 2.42. The molecule has 0 bridgehead atoms. The van der Waals surface area contributed by atoms with Gasteiger partial charge in [-0.2, -0.15) is 0 Å². The van der Waals surface area contributed by atoms with Crippen molar-refractivity contribution in [1.29, 1.82) is 0 Å². The van der Waals surface area contributed by atoms with E-state index in [4.69, 9.17) is 0 Å². The zero-order chi connectivity index (χ0) is 19.7. The average Bonchev–Trinajstić information content (AvgIpc) is 3.13. The lowest BCUT2D eigenvalue weighted by Gasteiger charge is -2.09. The summed E-state index contributed by atoms with van der Waals surface area (Å²) in [6.07, 6.45) is 0. The van der Waals surface area contributed by atoms with Gasteiger partial charge in [0.2, 0.25) is 0 Å². The number of amidine groups is 1. The fourth-order valence-corrected chi connectivity index (χ4v) is 6.94. The number of nitrogens with zero attached hydrogens (tertiary/aromatic N) is 1. The van der Waals surface area contributed by atoms with Crippen molar-refractivity contribution in [3.8, 4) is 0 Å². The number of fused-ring (bicyclic) bond motifs is 1. The lowest BCUT2D eigenvalue weighted by atomic mass is 10.1. The van der Waals surface area contributed by atoms with E-state index in [2.05, 4.69) is 15.6 Å². The van der Waals surface area contributed by atoms with Crippen LogP contribution >= 0.6 is 11.8 Å². The summed E-state index contributed by atoms with van der Waals surface area (Å²) in [5.74, 6) is 0.156. The molecule has 1 saturated heterocycles. The van der Waals surface area contributed by atoms with Crippen molar-refractivity contribution in [3.63, 3.8) is 0 Å². The Kier molecular flexibility index (Phi) is 5.16. The van der Waals surface area contributed by atoms with Crippen LogP contribution in [-0.2, 0) is 16.4 Å². The van der Waals surface area contributed by atoms with Crippen LogP contribution in [0.1, 0.15) is 21.5 Å². The lowest BCUT2D eigenvalue weighted by molar-refractivity contribution is 0.0951. The van der Waals surface area contributed by atoms with E-state index in [1.807, 2.05) is 43.3 Å². The van der Waals surface area contributed by atoms with Crippen LogP contribution in [0.25, 0.3) is 0 Å². The van der Waals surface area contributed by atoms with Gasteiger partial charge in [0.25, 0.3) is 5.91 Å². The standard InChI is InChI=1S/C20H21N3O3S2/c1-13-5-7-14(8-6-13)10-21-19(24)15-3-2-4-16(9-15)22-20-23-17-11-28(25,26)12-18(17)27-20/h2-9,17-18H,10-12H2,1H3,(H,21,24)(H,22,23)/t17-,18+/m0/s1. The normalized spacial score (nSPS) is 22.4. The maximum absolute atomic E-state index is 12.5. The third kappa shape index (κ3) is 4.39. The van der Waals surface area contributed by atoms with Crippen LogP contribution in [0, 0.1) is 6.92 Å². The summed E-state index contributed by atoms with van der Waals surface area (Å²) in [7, 11) is -2.96. The van der Waals surface area contributed by atoms with Gasteiger partial charge in [-0.15, -0.1) is 0 Å². The Morgan fingerprint density at radius 2 is 1.96 bits per heavy atom. The minimum atomic E-state index is -2.96. The number of hydrogen-bond acceptors (Lipinski definition) is 6. The van der Waals surface area contributed by atoms with E-state index in [-0.39, 0.29) is 28.7 Å². The second-order valence-electron chi connectivity index (χ2n) is 7.11. The van der Waals surface area contributed by atoms with Crippen LogP contribution < -0.4 is 10.6 Å². The molecule has 6 nitrogen and oxygen atoms in total. The molecule has 0 aromatic heterocycles. The molecule has 0 unspecified atom stereocenters. The molecule has 2 N–H and O–H groups in total. The summed E-state index contributed by atoms with van der Waals surface area (Å²) in [6.45, 7) is 2.50. The molecule has 4 rings (SSSR count). The van der Waals surface area contributed by atoms with E-state index in [0.717, 1.165) is 11.3 Å². The molecular weight excluding hydrogens is 394 g/mol. The maximum Gasteiger partial charge on any atom is 0.251 e. The molecule has 28 heavy (non-hydrogen) atoms. The van der Waals surface area contributed by atoms with Crippen molar-refractivity contribution in [2.75, 3.05) is 16.8 Å². The third-order valence-corrected chi connectivity index (χ3v) is 7.91. The first-order valence-corrected chi connectivity index (χ1v) is 11.7. The molecular formula is C20H21N3O3S2. The molecule has 2 atom stereocenters. The maximum atomic E-state index is 12.5. The quantitative estimate of drug-likeness (QED) is 0.802. The smallest absolute Gasteiger partial charge is 0.251 e. The highest BCUT2D eigenvalue weighted by Crippen LogP contribution is 2.34. The predicted octanol–water partition coefficient (Wildman–Crippen LogP) is 2.61. The molecule has 146 valence electrons. The Labute approximate surface area is 168 Å². The number of nitrogens with one attached hydrogen (secondary N) is 2. The molecule has 0 aliphatic carbocycles. The number of hydrogen-bond donors (Lipinski definition) is 2. The van der Waals surface area contributed by atoms with E-state index in [1.54, 1.807) is 12.1 Å². The van der Waals surface area contributed by atoms with Crippen molar-refractivity contribution in [2.45, 2.75) is 24.8 Å². The van der Waals surface area contributed by atoms with Gasteiger partial charge in [-0.3, -0.25) is 9.79 Å². The Morgan fingerprint density at radius 1 is 1.18 bits per heavy atom. The molecule has 2 aliphatic heterocycles. The largest absolute Gasteiger partial charge is 0.348 e. The highest BCUT2D eigenvalue weighted by atomic mass is 32.2. The number of aliphatic imine (C=N–C) groups is 1. The minimum absolute atomic E-state index is 0.00603. The van der Waals surface area contributed by atoms with Crippen molar-refractivity contribution >= 4 is 38.4 Å². The second-order valence-corrected chi connectivity index (χ2v) is 10.5. The van der Waals surface area contributed by atoms with Gasteiger partial charge >= 0.3 is 0 Å². The molecule has 1 amide bonds. The van der Waals surface area contributed by atoms with E-state index in [9.17, 15) is 13.2 Å². The summed E-state index contributed by atoms with van der Waals surface area (Å²) < 4.78 is 23.3. The van der Waals surface area contributed by atoms with E-state index < -0.39 is 9.84 Å². The third-order valence-electron chi connectivity index (χ3n) is 4.77. The van der Waals surface area contributed by atoms with Crippen LogP contribution in [0.3, 0.4) is 0 Å². The van der Waals surface area contributed by atoms with Crippen LogP contribution in [0.2, 0.25) is 0 Å². The summed E-state index contributed by atoms with van der Waals surface area (Å²) >= 11 is 1.46. The number of carbonyl (C=O) groups is 1. The molecule has 2 heterocycles. The first kappa shape index (κ1) is 19.0. The van der Waals surface area contributed by atoms with Gasteiger partial charge in [-0.25, -0.2) is 8.42 Å². The van der Waals surface area contributed by atoms with E-state index in [1.165, 1.54) is 17.3 Å². The monoisotopic (exact) mass is 415 g/mol. The number of benzene rings is 2. The van der Waals surface area contributed by atoms with Gasteiger partial charge in [-0.05, 0) is 30.7 Å². The van der Waals surface area contributed by atoms with Crippen molar-refractivity contribution in [3.05, 3.63) is 65.2 Å². The Balaban J connectivity index is 1.38. The minimum Gasteiger partial charge on any atom is -0.348 e. The summed E-state index contributed by atoms with van der Waals surface area (Å²) in [5.41, 5.74) is 3.55. The van der Waals surface area contributed by atoms with Crippen molar-refractivity contribution in [1.82, 2.24) is 5.32 Å². The van der Waals surface area contributed by atoms with Crippen LogP contribution in [0.4, 0.5) is 5.69 Å². The van der Waals surface area contributed by atoms with Gasteiger partial charge in [0, 0.05) is 23.0 Å². The van der Waals surface area contributed by atoms with Crippen molar-refractivity contribution < 1.29 is 13.2 Å². The van der Waals surface area contributed by atoms with Gasteiger partial charge < -0.3 is 10.6 Å². The van der Waals surface area contributed by atoms with E-state index >= 15 is 0 Å². The topological polar surface area (TPSA) is 87.6 Å². The molecule has 1 fully saturated rings.